The molecular weight excluding hydrogens is 192 g/mol. The summed E-state index contributed by atoms with van der Waals surface area (Å²) in [5, 5.41) is 0. The Kier molecular flexibility index (Phi) is 2.75. The van der Waals surface area contributed by atoms with Crippen molar-refractivity contribution in [3.8, 4) is 0 Å². The van der Waals surface area contributed by atoms with Gasteiger partial charge in [-0.05, 0) is 19.3 Å². The summed E-state index contributed by atoms with van der Waals surface area (Å²) in [6.07, 6.45) is 1.80. The van der Waals surface area contributed by atoms with Gasteiger partial charge in [0.05, 0.1) is 0 Å². The van der Waals surface area contributed by atoms with Crippen molar-refractivity contribution in [3.05, 3.63) is 0 Å². The van der Waals surface area contributed by atoms with E-state index in [2.05, 4.69) is 4.90 Å². The van der Waals surface area contributed by atoms with Gasteiger partial charge in [-0.1, -0.05) is 0 Å². The van der Waals surface area contributed by atoms with Crippen LogP contribution in [0.4, 0.5) is 12.9 Å². The number of nitrogens with zero attached hydrogens (tertiary/aromatic N) is 2. The van der Waals surface area contributed by atoms with E-state index >= 15 is 0 Å². The Labute approximate surface area is 82.1 Å². The van der Waals surface area contributed by atoms with Crippen molar-refractivity contribution < 1.29 is 12.9 Å². The summed E-state index contributed by atoms with van der Waals surface area (Å²) >= 11 is 0. The molecule has 0 bridgehead atoms. The standard InChI is InChI=1S/C8H15BF3N2/c10-9(11,12)7-13-3-5-14(6-4-13)8-1-2-8/h8H,1-7H2/q-1. The molecule has 1 heterocycles. The van der Waals surface area contributed by atoms with Gasteiger partial charge in [-0.2, -0.15) is 0 Å². The third kappa shape index (κ3) is 2.88. The Morgan fingerprint density at radius 3 is 2.00 bits per heavy atom. The molecule has 0 amide bonds. The van der Waals surface area contributed by atoms with Crippen LogP contribution in [0.5, 0.6) is 0 Å². The monoisotopic (exact) mass is 207 g/mol. The molecule has 0 aromatic carbocycles. The molecule has 0 radical (unpaired) electrons. The molecule has 0 spiro atoms. The van der Waals surface area contributed by atoms with Crippen molar-refractivity contribution in [3.63, 3.8) is 0 Å². The third-order valence-corrected chi connectivity index (χ3v) is 2.94. The molecule has 1 saturated carbocycles. The maximum atomic E-state index is 12.1. The van der Waals surface area contributed by atoms with Gasteiger partial charge < -0.3 is 17.8 Å². The number of rotatable bonds is 3. The van der Waals surface area contributed by atoms with Gasteiger partial charge in [0, 0.05) is 32.2 Å². The van der Waals surface area contributed by atoms with E-state index in [9.17, 15) is 12.9 Å². The normalized spacial score (nSPS) is 26.8. The van der Waals surface area contributed by atoms with Crippen molar-refractivity contribution >= 4 is 6.98 Å². The smallest absolute Gasteiger partial charge is 0.448 e. The molecule has 1 saturated heterocycles. The fourth-order valence-electron chi connectivity index (χ4n) is 2.04. The van der Waals surface area contributed by atoms with Crippen LogP contribution in [0.1, 0.15) is 12.8 Å². The van der Waals surface area contributed by atoms with Crippen LogP contribution in [-0.2, 0) is 0 Å². The van der Waals surface area contributed by atoms with E-state index in [1.54, 1.807) is 0 Å². The van der Waals surface area contributed by atoms with Gasteiger partial charge in [-0.3, -0.25) is 4.90 Å². The Morgan fingerprint density at radius 2 is 1.57 bits per heavy atom. The Balaban J connectivity index is 1.72. The summed E-state index contributed by atoms with van der Waals surface area (Å²) in [7, 11) is 0. The maximum absolute atomic E-state index is 12.1. The van der Waals surface area contributed by atoms with Crippen molar-refractivity contribution in [2.24, 2.45) is 0 Å². The number of halogens is 3. The highest BCUT2D eigenvalue weighted by Gasteiger charge is 2.33. The van der Waals surface area contributed by atoms with E-state index in [1.807, 2.05) is 0 Å². The van der Waals surface area contributed by atoms with Crippen LogP contribution in [0.3, 0.4) is 0 Å². The minimum atomic E-state index is -4.64. The van der Waals surface area contributed by atoms with Crippen molar-refractivity contribution in [1.82, 2.24) is 9.80 Å². The molecule has 1 aliphatic carbocycles. The van der Waals surface area contributed by atoms with Gasteiger partial charge in [0.15, 0.2) is 0 Å². The van der Waals surface area contributed by atoms with Crippen LogP contribution >= 0.6 is 0 Å². The lowest BCUT2D eigenvalue weighted by Crippen LogP contribution is -2.50. The van der Waals surface area contributed by atoms with E-state index in [0.29, 0.717) is 19.1 Å². The molecule has 0 unspecified atom stereocenters. The predicted octanol–water partition coefficient (Wildman–Crippen LogP) is 1.15. The van der Waals surface area contributed by atoms with Crippen LogP contribution in [0.15, 0.2) is 0 Å². The average molecular weight is 207 g/mol. The van der Waals surface area contributed by atoms with Crippen LogP contribution < -0.4 is 0 Å². The highest BCUT2D eigenvalue weighted by atomic mass is 19.4. The van der Waals surface area contributed by atoms with E-state index in [0.717, 1.165) is 13.1 Å². The summed E-state index contributed by atoms with van der Waals surface area (Å²) in [5.74, 6) is 0. The van der Waals surface area contributed by atoms with Crippen LogP contribution in [-0.4, -0.2) is 55.4 Å². The summed E-state index contributed by atoms with van der Waals surface area (Å²) in [6, 6.07) is 0.688. The quantitative estimate of drug-likeness (QED) is 0.640. The first-order chi connectivity index (χ1) is 6.54. The SMILES string of the molecule is F[B-](F)(F)CN1CCN(C2CC2)CC1. The Morgan fingerprint density at radius 1 is 1.00 bits per heavy atom. The van der Waals surface area contributed by atoms with E-state index in [-0.39, 0.29) is 0 Å². The molecule has 0 aromatic heterocycles. The van der Waals surface area contributed by atoms with E-state index in [4.69, 9.17) is 0 Å². The average Bonchev–Trinajstić information content (AvgIpc) is 2.85. The maximum Gasteiger partial charge on any atom is 0.492 e. The fraction of sp³-hybridized carbons (Fsp3) is 1.00. The molecule has 2 fully saturated rings. The van der Waals surface area contributed by atoms with Crippen LogP contribution in [0.2, 0.25) is 0 Å². The van der Waals surface area contributed by atoms with Crippen molar-refractivity contribution in [2.45, 2.75) is 18.9 Å². The molecule has 2 rings (SSSR count). The lowest BCUT2D eigenvalue weighted by molar-refractivity contribution is 0.133. The molecule has 0 aromatic rings. The first-order valence-corrected chi connectivity index (χ1v) is 5.22. The molecule has 2 aliphatic rings. The largest absolute Gasteiger partial charge is 0.492 e. The van der Waals surface area contributed by atoms with Gasteiger partial charge in [-0.25, -0.2) is 0 Å². The molecule has 2 nitrogen and oxygen atoms in total. The van der Waals surface area contributed by atoms with E-state index in [1.165, 1.54) is 17.7 Å². The minimum Gasteiger partial charge on any atom is -0.448 e. The summed E-state index contributed by atoms with van der Waals surface area (Å²) in [4.78, 5) is 3.85. The highest BCUT2D eigenvalue weighted by molar-refractivity contribution is 6.58. The molecule has 0 atom stereocenters. The fourth-order valence-corrected chi connectivity index (χ4v) is 2.04. The molecule has 14 heavy (non-hydrogen) atoms. The van der Waals surface area contributed by atoms with Crippen molar-refractivity contribution in [1.29, 1.82) is 0 Å². The second-order valence-corrected chi connectivity index (χ2v) is 4.28. The van der Waals surface area contributed by atoms with Crippen LogP contribution in [0, 0.1) is 0 Å². The second-order valence-electron chi connectivity index (χ2n) is 4.28. The number of hydrogen-bond acceptors (Lipinski definition) is 2. The van der Waals surface area contributed by atoms with E-state index < -0.39 is 13.4 Å². The minimum absolute atomic E-state index is 0.581. The van der Waals surface area contributed by atoms with Crippen LogP contribution in [0.25, 0.3) is 0 Å². The van der Waals surface area contributed by atoms with Gasteiger partial charge in [0.25, 0.3) is 0 Å². The number of hydrogen-bond donors (Lipinski definition) is 0. The molecule has 6 heteroatoms. The highest BCUT2D eigenvalue weighted by Crippen LogP contribution is 2.27. The van der Waals surface area contributed by atoms with Gasteiger partial charge >= 0.3 is 6.98 Å². The molecule has 0 N–H and O–H groups in total. The van der Waals surface area contributed by atoms with Gasteiger partial charge in [0.2, 0.25) is 0 Å². The zero-order valence-electron chi connectivity index (χ0n) is 8.13. The first kappa shape index (κ1) is 10.3. The number of piperazine rings is 1. The molecule has 82 valence electrons. The first-order valence-electron chi connectivity index (χ1n) is 5.22. The third-order valence-electron chi connectivity index (χ3n) is 2.94. The zero-order chi connectivity index (χ0) is 10.2. The molecule has 1 aliphatic heterocycles. The summed E-state index contributed by atoms with van der Waals surface area (Å²) in [6.45, 7) is -1.84. The Hall–Kier alpha value is -0.225. The molecular formula is C8H15BF3N2-. The lowest BCUT2D eigenvalue weighted by Gasteiger charge is -2.37. The topological polar surface area (TPSA) is 6.48 Å². The zero-order valence-corrected chi connectivity index (χ0v) is 8.13. The summed E-state index contributed by atoms with van der Waals surface area (Å²) in [5.41, 5.74) is 0. The Bertz CT molecular complexity index is 197. The summed E-state index contributed by atoms with van der Waals surface area (Å²) < 4.78 is 36.3. The predicted molar refractivity (Wildman–Crippen MR) is 50.1 cm³/mol. The van der Waals surface area contributed by atoms with Gasteiger partial charge in [0.1, 0.15) is 0 Å². The lowest BCUT2D eigenvalue weighted by atomic mass is 9.91. The van der Waals surface area contributed by atoms with Gasteiger partial charge in [-0.15, -0.1) is 0 Å². The second kappa shape index (κ2) is 3.74. The van der Waals surface area contributed by atoms with Crippen molar-refractivity contribution in [2.75, 3.05) is 32.6 Å².